The zero-order valence-electron chi connectivity index (χ0n) is 14.7. The van der Waals surface area contributed by atoms with Gasteiger partial charge in [0.1, 0.15) is 0 Å². The standard InChI is InChI=1S/C23H20N2O/c1-15-19(14-24)22(17-10-6-3-7-11-17)23-20(25-15)12-18(13-21(23)26)16-8-4-2-5-9-16/h2-11,18,22,25H,12-13H2,1H3/t18-,22-/m0/s1. The minimum Gasteiger partial charge on any atom is -0.361 e. The fourth-order valence-corrected chi connectivity index (χ4v) is 4.13. The van der Waals surface area contributed by atoms with Gasteiger partial charge in [-0.25, -0.2) is 0 Å². The van der Waals surface area contributed by atoms with Crippen molar-refractivity contribution in [3.63, 3.8) is 0 Å². The second kappa shape index (κ2) is 6.65. The molecule has 2 aromatic carbocycles. The largest absolute Gasteiger partial charge is 0.361 e. The summed E-state index contributed by atoms with van der Waals surface area (Å²) in [5, 5.41) is 13.1. The van der Waals surface area contributed by atoms with Gasteiger partial charge in [0.2, 0.25) is 0 Å². The number of carbonyl (C=O) groups is 1. The molecule has 1 N–H and O–H groups in total. The van der Waals surface area contributed by atoms with Crippen LogP contribution in [0, 0.1) is 11.3 Å². The first kappa shape index (κ1) is 16.4. The molecule has 0 fully saturated rings. The lowest BCUT2D eigenvalue weighted by atomic mass is 9.72. The number of Topliss-reactive ketones (excluding diaryl/α,β-unsaturated/α-hetero) is 1. The zero-order valence-corrected chi connectivity index (χ0v) is 14.7. The van der Waals surface area contributed by atoms with E-state index in [0.29, 0.717) is 12.0 Å². The van der Waals surface area contributed by atoms with Gasteiger partial charge < -0.3 is 5.32 Å². The average Bonchev–Trinajstić information content (AvgIpc) is 2.68. The average molecular weight is 340 g/mol. The Hall–Kier alpha value is -3.12. The smallest absolute Gasteiger partial charge is 0.162 e. The Morgan fingerprint density at radius 1 is 0.962 bits per heavy atom. The van der Waals surface area contributed by atoms with Gasteiger partial charge in [-0.3, -0.25) is 4.79 Å². The number of nitriles is 1. The number of ketones is 1. The number of carbonyl (C=O) groups excluding carboxylic acids is 1. The third-order valence-corrected chi connectivity index (χ3v) is 5.35. The van der Waals surface area contributed by atoms with E-state index in [1.54, 1.807) is 0 Å². The van der Waals surface area contributed by atoms with Gasteiger partial charge in [-0.2, -0.15) is 5.26 Å². The van der Waals surface area contributed by atoms with Crippen LogP contribution in [0.5, 0.6) is 0 Å². The molecule has 1 aliphatic heterocycles. The van der Waals surface area contributed by atoms with Gasteiger partial charge in [-0.1, -0.05) is 60.7 Å². The van der Waals surface area contributed by atoms with Gasteiger partial charge in [-0.15, -0.1) is 0 Å². The highest BCUT2D eigenvalue weighted by Crippen LogP contribution is 2.44. The van der Waals surface area contributed by atoms with Gasteiger partial charge >= 0.3 is 0 Å². The molecular formula is C23H20N2O. The minimum atomic E-state index is -0.262. The summed E-state index contributed by atoms with van der Waals surface area (Å²) in [5.41, 5.74) is 5.43. The number of rotatable bonds is 2. The molecule has 0 radical (unpaired) electrons. The molecule has 2 aromatic rings. The Morgan fingerprint density at radius 2 is 1.58 bits per heavy atom. The van der Waals surface area contributed by atoms with Crippen LogP contribution in [0.1, 0.15) is 42.7 Å². The number of nitrogens with one attached hydrogen (secondary N) is 1. The molecule has 0 amide bonds. The van der Waals surface area contributed by atoms with Crippen LogP contribution < -0.4 is 5.32 Å². The maximum absolute atomic E-state index is 13.1. The van der Waals surface area contributed by atoms with Gasteiger partial charge in [0.15, 0.2) is 5.78 Å². The molecule has 26 heavy (non-hydrogen) atoms. The molecule has 4 rings (SSSR count). The molecule has 3 nitrogen and oxygen atoms in total. The number of dihydropyridines is 1. The summed E-state index contributed by atoms with van der Waals surface area (Å²) in [6.45, 7) is 1.93. The van der Waals surface area contributed by atoms with Crippen molar-refractivity contribution in [1.82, 2.24) is 5.32 Å². The summed E-state index contributed by atoms with van der Waals surface area (Å²) in [6.07, 6.45) is 1.29. The van der Waals surface area contributed by atoms with Crippen molar-refractivity contribution >= 4 is 5.78 Å². The number of allylic oxidation sites excluding steroid dienone is 4. The van der Waals surface area contributed by atoms with E-state index in [2.05, 4.69) is 23.5 Å². The van der Waals surface area contributed by atoms with Crippen molar-refractivity contribution < 1.29 is 4.79 Å². The van der Waals surface area contributed by atoms with Crippen LogP contribution in [0.25, 0.3) is 0 Å². The van der Waals surface area contributed by atoms with Crippen molar-refractivity contribution in [2.24, 2.45) is 0 Å². The molecule has 0 saturated heterocycles. The van der Waals surface area contributed by atoms with Crippen LogP contribution in [-0.2, 0) is 4.79 Å². The predicted octanol–water partition coefficient (Wildman–Crippen LogP) is 4.57. The number of hydrogen-bond acceptors (Lipinski definition) is 3. The van der Waals surface area contributed by atoms with Crippen LogP contribution in [0.2, 0.25) is 0 Å². The monoisotopic (exact) mass is 340 g/mol. The molecule has 2 aliphatic rings. The predicted molar refractivity (Wildman–Crippen MR) is 101 cm³/mol. The third-order valence-electron chi connectivity index (χ3n) is 5.35. The topological polar surface area (TPSA) is 52.9 Å². The fourth-order valence-electron chi connectivity index (χ4n) is 4.13. The van der Waals surface area contributed by atoms with Gasteiger partial charge in [0, 0.05) is 23.4 Å². The molecule has 0 aromatic heterocycles. The molecule has 0 spiro atoms. The molecule has 0 bridgehead atoms. The molecule has 0 unspecified atom stereocenters. The van der Waals surface area contributed by atoms with Gasteiger partial charge in [-0.05, 0) is 30.4 Å². The van der Waals surface area contributed by atoms with E-state index in [-0.39, 0.29) is 17.6 Å². The Bertz CT molecular complexity index is 949. The SMILES string of the molecule is CC1=C(C#N)[C@H](c2ccccc2)C2=C(C[C@H](c3ccccc3)CC2=O)N1. The molecular weight excluding hydrogens is 320 g/mol. The number of benzene rings is 2. The van der Waals surface area contributed by atoms with Crippen molar-refractivity contribution in [3.8, 4) is 6.07 Å². The molecule has 0 saturated carbocycles. The quantitative estimate of drug-likeness (QED) is 0.871. The molecule has 3 heteroatoms. The molecule has 1 aliphatic carbocycles. The normalized spacial score (nSPS) is 22.5. The van der Waals surface area contributed by atoms with Crippen LogP contribution in [0.3, 0.4) is 0 Å². The number of nitrogens with zero attached hydrogens (tertiary/aromatic N) is 1. The summed E-state index contributed by atoms with van der Waals surface area (Å²) < 4.78 is 0. The summed E-state index contributed by atoms with van der Waals surface area (Å²) in [4.78, 5) is 13.1. The number of hydrogen-bond donors (Lipinski definition) is 1. The Labute approximate surface area is 153 Å². The van der Waals surface area contributed by atoms with Crippen LogP contribution in [-0.4, -0.2) is 5.78 Å². The highest BCUT2D eigenvalue weighted by atomic mass is 16.1. The van der Waals surface area contributed by atoms with E-state index in [4.69, 9.17) is 0 Å². The van der Waals surface area contributed by atoms with E-state index in [0.717, 1.165) is 29.0 Å². The first-order valence-corrected chi connectivity index (χ1v) is 8.93. The Kier molecular flexibility index (Phi) is 4.18. The summed E-state index contributed by atoms with van der Waals surface area (Å²) in [6, 6.07) is 22.4. The van der Waals surface area contributed by atoms with Gasteiger partial charge in [0.05, 0.1) is 17.6 Å². The lowest BCUT2D eigenvalue weighted by molar-refractivity contribution is -0.116. The van der Waals surface area contributed by atoms with Crippen molar-refractivity contribution in [3.05, 3.63) is 94.3 Å². The maximum atomic E-state index is 13.1. The summed E-state index contributed by atoms with van der Waals surface area (Å²) >= 11 is 0. The second-order valence-electron chi connectivity index (χ2n) is 6.95. The molecule has 1 heterocycles. The van der Waals surface area contributed by atoms with Crippen molar-refractivity contribution in [2.45, 2.75) is 31.6 Å². The van der Waals surface area contributed by atoms with Crippen LogP contribution >= 0.6 is 0 Å². The van der Waals surface area contributed by atoms with E-state index >= 15 is 0 Å². The lowest BCUT2D eigenvalue weighted by Gasteiger charge is -2.35. The van der Waals surface area contributed by atoms with E-state index < -0.39 is 0 Å². The van der Waals surface area contributed by atoms with Crippen molar-refractivity contribution in [2.75, 3.05) is 0 Å². The first-order chi connectivity index (χ1) is 12.7. The van der Waals surface area contributed by atoms with Crippen LogP contribution in [0.4, 0.5) is 0 Å². The molecule has 2 atom stereocenters. The Morgan fingerprint density at radius 3 is 2.19 bits per heavy atom. The second-order valence-corrected chi connectivity index (χ2v) is 6.95. The highest BCUT2D eigenvalue weighted by Gasteiger charge is 2.38. The minimum absolute atomic E-state index is 0.140. The third kappa shape index (κ3) is 2.74. The first-order valence-electron chi connectivity index (χ1n) is 8.93. The van der Waals surface area contributed by atoms with Crippen molar-refractivity contribution in [1.29, 1.82) is 5.26 Å². The maximum Gasteiger partial charge on any atom is 0.162 e. The van der Waals surface area contributed by atoms with Gasteiger partial charge in [0.25, 0.3) is 0 Å². The zero-order chi connectivity index (χ0) is 18.1. The summed E-state index contributed by atoms with van der Waals surface area (Å²) in [7, 11) is 0. The van der Waals surface area contributed by atoms with E-state index in [1.807, 2.05) is 55.5 Å². The molecule has 128 valence electrons. The van der Waals surface area contributed by atoms with E-state index in [9.17, 15) is 10.1 Å². The highest BCUT2D eigenvalue weighted by molar-refractivity contribution is 6.00. The lowest BCUT2D eigenvalue weighted by Crippen LogP contribution is -2.33. The van der Waals surface area contributed by atoms with E-state index in [1.165, 1.54) is 5.56 Å². The Balaban J connectivity index is 1.79. The summed E-state index contributed by atoms with van der Waals surface area (Å²) in [5.74, 6) is 0.0613. The fraction of sp³-hybridized carbons (Fsp3) is 0.217. The van der Waals surface area contributed by atoms with Crippen LogP contribution in [0.15, 0.2) is 83.2 Å².